The minimum Gasteiger partial charge on any atom is -0.465 e. The van der Waals surface area contributed by atoms with Gasteiger partial charge in [-0.1, -0.05) is 27.2 Å². The van der Waals surface area contributed by atoms with Gasteiger partial charge in [0, 0.05) is 13.0 Å². The van der Waals surface area contributed by atoms with Gasteiger partial charge in [-0.3, -0.25) is 0 Å². The molecule has 0 radical (unpaired) electrons. The lowest BCUT2D eigenvalue weighted by Crippen LogP contribution is -2.42. The zero-order chi connectivity index (χ0) is 12.9. The number of nitrogens with one attached hydrogen (secondary N) is 1. The van der Waals surface area contributed by atoms with Gasteiger partial charge in [-0.25, -0.2) is 0 Å². The van der Waals surface area contributed by atoms with E-state index in [0.717, 1.165) is 24.4 Å². The van der Waals surface area contributed by atoms with Crippen molar-refractivity contribution in [1.29, 1.82) is 0 Å². The van der Waals surface area contributed by atoms with E-state index in [1.807, 2.05) is 19.1 Å². The Bertz CT molecular complexity index is 331. The van der Waals surface area contributed by atoms with Gasteiger partial charge in [0.25, 0.3) is 0 Å². The van der Waals surface area contributed by atoms with Gasteiger partial charge in [-0.2, -0.15) is 0 Å². The number of rotatable bonds is 7. The molecule has 1 aromatic heterocycles. The molecule has 1 rings (SSSR count). The monoisotopic (exact) mass is 239 g/mol. The molecule has 1 heterocycles. The van der Waals surface area contributed by atoms with Crippen LogP contribution in [0.4, 0.5) is 0 Å². The molecule has 0 amide bonds. The first-order chi connectivity index (χ1) is 7.99. The quantitative estimate of drug-likeness (QED) is 0.769. The Labute approximate surface area is 104 Å². The summed E-state index contributed by atoms with van der Waals surface area (Å²) >= 11 is 0. The van der Waals surface area contributed by atoms with Crippen molar-refractivity contribution in [2.45, 2.75) is 52.7 Å². The third-order valence-corrected chi connectivity index (χ3v) is 3.52. The maximum Gasteiger partial charge on any atom is 0.117 e. The van der Waals surface area contributed by atoms with E-state index in [1.165, 1.54) is 0 Å². The van der Waals surface area contributed by atoms with Gasteiger partial charge in [0.15, 0.2) is 0 Å². The molecule has 0 bridgehead atoms. The summed E-state index contributed by atoms with van der Waals surface area (Å²) < 4.78 is 5.59. The van der Waals surface area contributed by atoms with Crippen LogP contribution in [0.5, 0.6) is 0 Å². The molecule has 0 aliphatic carbocycles. The van der Waals surface area contributed by atoms with Crippen LogP contribution in [0.1, 0.15) is 45.6 Å². The molecular formula is C14H25NO2. The van der Waals surface area contributed by atoms with Crippen LogP contribution >= 0.6 is 0 Å². The summed E-state index contributed by atoms with van der Waals surface area (Å²) in [6.07, 6.45) is 1.90. The third kappa shape index (κ3) is 4.17. The van der Waals surface area contributed by atoms with Crippen LogP contribution < -0.4 is 5.32 Å². The van der Waals surface area contributed by atoms with Crippen molar-refractivity contribution in [3.8, 4) is 0 Å². The average Bonchev–Trinajstić information content (AvgIpc) is 2.75. The number of furan rings is 1. The molecule has 0 aliphatic rings. The lowest BCUT2D eigenvalue weighted by Gasteiger charge is -2.29. The van der Waals surface area contributed by atoms with E-state index in [1.54, 1.807) is 0 Å². The highest BCUT2D eigenvalue weighted by Crippen LogP contribution is 2.19. The molecule has 0 fully saturated rings. The summed E-state index contributed by atoms with van der Waals surface area (Å²) in [5.74, 6) is 2.23. The Morgan fingerprint density at radius 2 is 2.00 bits per heavy atom. The second-order valence-electron chi connectivity index (χ2n) is 4.99. The first kappa shape index (κ1) is 14.3. The van der Waals surface area contributed by atoms with Gasteiger partial charge in [0.2, 0.25) is 0 Å². The predicted molar refractivity (Wildman–Crippen MR) is 69.9 cm³/mol. The van der Waals surface area contributed by atoms with Crippen LogP contribution in [-0.2, 0) is 13.0 Å². The molecule has 3 nitrogen and oxygen atoms in total. The Balaban J connectivity index is 2.36. The average molecular weight is 239 g/mol. The van der Waals surface area contributed by atoms with Crippen LogP contribution in [0.2, 0.25) is 0 Å². The molecule has 0 saturated carbocycles. The SMILES string of the molecule is CCc1ccc(CNCC(C)(O)C(C)CC)o1. The van der Waals surface area contributed by atoms with Crippen LogP contribution in [0, 0.1) is 5.92 Å². The summed E-state index contributed by atoms with van der Waals surface area (Å²) in [5, 5.41) is 13.5. The summed E-state index contributed by atoms with van der Waals surface area (Å²) in [6, 6.07) is 3.99. The van der Waals surface area contributed by atoms with E-state index in [2.05, 4.69) is 26.1 Å². The van der Waals surface area contributed by atoms with E-state index in [9.17, 15) is 5.11 Å². The fourth-order valence-corrected chi connectivity index (χ4v) is 1.76. The van der Waals surface area contributed by atoms with E-state index >= 15 is 0 Å². The fourth-order valence-electron chi connectivity index (χ4n) is 1.76. The number of aliphatic hydroxyl groups is 1. The smallest absolute Gasteiger partial charge is 0.117 e. The largest absolute Gasteiger partial charge is 0.465 e. The first-order valence-electron chi connectivity index (χ1n) is 6.50. The van der Waals surface area contributed by atoms with Crippen LogP contribution in [0.3, 0.4) is 0 Å². The Morgan fingerprint density at radius 3 is 2.53 bits per heavy atom. The molecule has 98 valence electrons. The molecule has 0 aliphatic heterocycles. The number of hydrogen-bond donors (Lipinski definition) is 2. The van der Waals surface area contributed by atoms with E-state index in [0.29, 0.717) is 13.1 Å². The Hall–Kier alpha value is -0.800. The van der Waals surface area contributed by atoms with Crippen LogP contribution in [0.25, 0.3) is 0 Å². The zero-order valence-corrected chi connectivity index (χ0v) is 11.4. The standard InChI is InChI=1S/C14H25NO2/c1-5-11(3)14(4,16)10-15-9-13-8-7-12(6-2)17-13/h7-8,11,15-16H,5-6,9-10H2,1-4H3. The van der Waals surface area contributed by atoms with Crippen molar-refractivity contribution in [3.05, 3.63) is 23.7 Å². The molecule has 2 N–H and O–H groups in total. The zero-order valence-electron chi connectivity index (χ0n) is 11.4. The lowest BCUT2D eigenvalue weighted by atomic mass is 9.89. The van der Waals surface area contributed by atoms with Gasteiger partial charge >= 0.3 is 0 Å². The highest BCUT2D eigenvalue weighted by Gasteiger charge is 2.26. The third-order valence-electron chi connectivity index (χ3n) is 3.52. The summed E-state index contributed by atoms with van der Waals surface area (Å²) in [5.41, 5.74) is -0.658. The van der Waals surface area contributed by atoms with Gasteiger partial charge in [-0.15, -0.1) is 0 Å². The molecule has 0 aromatic carbocycles. The first-order valence-corrected chi connectivity index (χ1v) is 6.50. The van der Waals surface area contributed by atoms with Gasteiger partial charge < -0.3 is 14.8 Å². The molecule has 2 atom stereocenters. The topological polar surface area (TPSA) is 45.4 Å². The molecule has 2 unspecified atom stereocenters. The van der Waals surface area contributed by atoms with Crippen molar-refractivity contribution >= 4 is 0 Å². The second-order valence-corrected chi connectivity index (χ2v) is 4.99. The van der Waals surface area contributed by atoms with E-state index in [4.69, 9.17) is 4.42 Å². The molecule has 3 heteroatoms. The molecule has 17 heavy (non-hydrogen) atoms. The maximum atomic E-state index is 10.2. The van der Waals surface area contributed by atoms with Crippen molar-refractivity contribution < 1.29 is 9.52 Å². The van der Waals surface area contributed by atoms with E-state index < -0.39 is 5.60 Å². The highest BCUT2D eigenvalue weighted by molar-refractivity contribution is 5.06. The van der Waals surface area contributed by atoms with Crippen LogP contribution in [-0.4, -0.2) is 17.3 Å². The second kappa shape index (κ2) is 6.22. The van der Waals surface area contributed by atoms with Crippen molar-refractivity contribution in [3.63, 3.8) is 0 Å². The molecule has 0 spiro atoms. The number of hydrogen-bond acceptors (Lipinski definition) is 3. The Kier molecular flexibility index (Phi) is 5.22. The highest BCUT2D eigenvalue weighted by atomic mass is 16.3. The minimum atomic E-state index is -0.658. The Morgan fingerprint density at radius 1 is 1.35 bits per heavy atom. The van der Waals surface area contributed by atoms with Gasteiger partial charge in [0.05, 0.1) is 12.1 Å². The summed E-state index contributed by atoms with van der Waals surface area (Å²) in [4.78, 5) is 0. The lowest BCUT2D eigenvalue weighted by molar-refractivity contribution is 0.00504. The summed E-state index contributed by atoms with van der Waals surface area (Å²) in [7, 11) is 0. The summed E-state index contributed by atoms with van der Waals surface area (Å²) in [6.45, 7) is 9.39. The van der Waals surface area contributed by atoms with Gasteiger partial charge in [-0.05, 0) is 25.0 Å². The number of aryl methyl sites for hydroxylation is 1. The van der Waals surface area contributed by atoms with Gasteiger partial charge in [0.1, 0.15) is 11.5 Å². The molecule has 0 saturated heterocycles. The van der Waals surface area contributed by atoms with E-state index in [-0.39, 0.29) is 5.92 Å². The van der Waals surface area contributed by atoms with Crippen LogP contribution in [0.15, 0.2) is 16.5 Å². The normalized spacial score (nSPS) is 16.8. The molecule has 1 aromatic rings. The van der Waals surface area contributed by atoms with Crippen molar-refractivity contribution in [1.82, 2.24) is 5.32 Å². The van der Waals surface area contributed by atoms with Crippen molar-refractivity contribution in [2.75, 3.05) is 6.54 Å². The maximum absolute atomic E-state index is 10.2. The fraction of sp³-hybridized carbons (Fsp3) is 0.714. The molecular weight excluding hydrogens is 214 g/mol. The minimum absolute atomic E-state index is 0.290. The predicted octanol–water partition coefficient (Wildman–Crippen LogP) is 2.73. The van der Waals surface area contributed by atoms with Crippen molar-refractivity contribution in [2.24, 2.45) is 5.92 Å².